The Balaban J connectivity index is 2.33. The number of ether oxygens (including phenoxy) is 1. The minimum atomic E-state index is -0.771. The lowest BCUT2D eigenvalue weighted by Gasteiger charge is -2.36. The topological polar surface area (TPSA) is 78.8 Å². The van der Waals surface area contributed by atoms with Gasteiger partial charge in [0.15, 0.2) is 0 Å². The molecule has 0 aliphatic heterocycles. The first kappa shape index (κ1) is 17.4. The second-order valence-corrected chi connectivity index (χ2v) is 6.20. The van der Waals surface area contributed by atoms with Crippen LogP contribution in [0.2, 0.25) is 0 Å². The van der Waals surface area contributed by atoms with Gasteiger partial charge in [-0.2, -0.15) is 0 Å². The third-order valence-corrected chi connectivity index (χ3v) is 4.26. The van der Waals surface area contributed by atoms with Gasteiger partial charge < -0.3 is 20.3 Å². The van der Waals surface area contributed by atoms with E-state index in [9.17, 15) is 15.0 Å². The molecule has 0 amide bonds. The number of aliphatic hydroxyl groups is 2. The lowest BCUT2D eigenvalue weighted by atomic mass is 9.78. The van der Waals surface area contributed by atoms with E-state index in [0.717, 1.165) is 0 Å². The lowest BCUT2D eigenvalue weighted by Crippen LogP contribution is -2.48. The summed E-state index contributed by atoms with van der Waals surface area (Å²) in [5.41, 5.74) is -1.51. The first-order valence-electron chi connectivity index (χ1n) is 7.64. The fourth-order valence-electron chi connectivity index (χ4n) is 2.52. The predicted octanol–water partition coefficient (Wildman–Crippen LogP) is 1.22. The molecular formula is C15H29NO4. The third kappa shape index (κ3) is 5.38. The van der Waals surface area contributed by atoms with Crippen molar-refractivity contribution in [1.82, 2.24) is 5.32 Å². The Hall–Kier alpha value is -0.650. The van der Waals surface area contributed by atoms with E-state index in [1.54, 1.807) is 13.8 Å². The van der Waals surface area contributed by atoms with E-state index >= 15 is 0 Å². The van der Waals surface area contributed by atoms with Crippen molar-refractivity contribution in [2.75, 3.05) is 19.7 Å². The van der Waals surface area contributed by atoms with Crippen LogP contribution in [0.15, 0.2) is 0 Å². The molecule has 0 aromatic heterocycles. The highest BCUT2D eigenvalue weighted by Crippen LogP contribution is 2.32. The Morgan fingerprint density at radius 2 is 2.00 bits per heavy atom. The molecule has 1 atom stereocenters. The maximum atomic E-state index is 11.6. The Labute approximate surface area is 121 Å². The SMILES string of the molecule is CCOC(=O)C1CCC(O)(CNCC(C)(O)CC)CC1. The molecule has 0 spiro atoms. The molecule has 0 radical (unpaired) electrons. The van der Waals surface area contributed by atoms with Crippen molar-refractivity contribution < 1.29 is 19.7 Å². The molecule has 1 saturated carbocycles. The largest absolute Gasteiger partial charge is 0.466 e. The van der Waals surface area contributed by atoms with E-state index < -0.39 is 11.2 Å². The number of hydrogen-bond donors (Lipinski definition) is 3. The highest BCUT2D eigenvalue weighted by atomic mass is 16.5. The summed E-state index contributed by atoms with van der Waals surface area (Å²) in [5.74, 6) is -0.217. The van der Waals surface area contributed by atoms with E-state index in [1.165, 1.54) is 0 Å². The summed E-state index contributed by atoms with van der Waals surface area (Å²) in [5, 5.41) is 23.5. The van der Waals surface area contributed by atoms with Gasteiger partial charge in [0.05, 0.1) is 23.7 Å². The third-order valence-electron chi connectivity index (χ3n) is 4.26. The van der Waals surface area contributed by atoms with Crippen molar-refractivity contribution in [2.45, 2.75) is 64.1 Å². The molecule has 20 heavy (non-hydrogen) atoms. The smallest absolute Gasteiger partial charge is 0.308 e. The van der Waals surface area contributed by atoms with Gasteiger partial charge in [0.1, 0.15) is 0 Å². The van der Waals surface area contributed by atoms with Gasteiger partial charge in [0, 0.05) is 13.1 Å². The van der Waals surface area contributed by atoms with Crippen LogP contribution in [0.1, 0.15) is 52.9 Å². The average molecular weight is 287 g/mol. The molecule has 0 saturated heterocycles. The zero-order chi connectivity index (χ0) is 15.2. The van der Waals surface area contributed by atoms with Gasteiger partial charge in [0.2, 0.25) is 0 Å². The quantitative estimate of drug-likeness (QED) is 0.614. The zero-order valence-electron chi connectivity index (χ0n) is 12.9. The lowest BCUT2D eigenvalue weighted by molar-refractivity contribution is -0.151. The number of rotatable bonds is 7. The molecule has 1 rings (SSSR count). The van der Waals surface area contributed by atoms with Gasteiger partial charge >= 0.3 is 5.97 Å². The summed E-state index contributed by atoms with van der Waals surface area (Å²) in [6.45, 7) is 6.85. The monoisotopic (exact) mass is 287 g/mol. The van der Waals surface area contributed by atoms with Crippen molar-refractivity contribution in [3.63, 3.8) is 0 Å². The summed E-state index contributed by atoms with van der Waals surface area (Å²) >= 11 is 0. The van der Waals surface area contributed by atoms with E-state index in [0.29, 0.717) is 51.8 Å². The summed E-state index contributed by atoms with van der Waals surface area (Å²) < 4.78 is 5.02. The minimum Gasteiger partial charge on any atom is -0.466 e. The number of esters is 1. The van der Waals surface area contributed by atoms with Crippen LogP contribution in [0.25, 0.3) is 0 Å². The Kier molecular flexibility index (Phi) is 6.43. The van der Waals surface area contributed by atoms with Crippen LogP contribution in [0.4, 0.5) is 0 Å². The zero-order valence-corrected chi connectivity index (χ0v) is 12.9. The Morgan fingerprint density at radius 3 is 2.50 bits per heavy atom. The van der Waals surface area contributed by atoms with Crippen LogP contribution in [0.3, 0.4) is 0 Å². The van der Waals surface area contributed by atoms with Crippen molar-refractivity contribution in [2.24, 2.45) is 5.92 Å². The van der Waals surface area contributed by atoms with Crippen molar-refractivity contribution >= 4 is 5.97 Å². The number of carbonyl (C=O) groups is 1. The van der Waals surface area contributed by atoms with Crippen LogP contribution in [0, 0.1) is 5.92 Å². The summed E-state index contributed by atoms with van der Waals surface area (Å²) in [7, 11) is 0. The summed E-state index contributed by atoms with van der Waals surface area (Å²) in [6.07, 6.45) is 3.20. The number of carbonyl (C=O) groups excluding carboxylic acids is 1. The molecule has 1 aliphatic rings. The fourth-order valence-corrected chi connectivity index (χ4v) is 2.52. The van der Waals surface area contributed by atoms with Crippen molar-refractivity contribution in [3.8, 4) is 0 Å². The van der Waals surface area contributed by atoms with E-state index in [2.05, 4.69) is 5.32 Å². The van der Waals surface area contributed by atoms with Crippen LogP contribution < -0.4 is 5.32 Å². The van der Waals surface area contributed by atoms with Crippen LogP contribution in [-0.4, -0.2) is 47.1 Å². The van der Waals surface area contributed by atoms with Gasteiger partial charge in [-0.15, -0.1) is 0 Å². The molecular weight excluding hydrogens is 258 g/mol. The molecule has 0 aromatic rings. The number of hydrogen-bond acceptors (Lipinski definition) is 5. The van der Waals surface area contributed by atoms with E-state index in [-0.39, 0.29) is 11.9 Å². The first-order chi connectivity index (χ1) is 9.32. The standard InChI is InChI=1S/C15H29NO4/c1-4-14(3,18)10-16-11-15(19)8-6-12(7-9-15)13(17)20-5-2/h12,16,18-19H,4-11H2,1-3H3. The molecule has 1 unspecified atom stereocenters. The van der Waals surface area contributed by atoms with Crippen molar-refractivity contribution in [1.29, 1.82) is 0 Å². The normalized spacial score (nSPS) is 29.8. The maximum absolute atomic E-state index is 11.6. The van der Waals surface area contributed by atoms with Crippen molar-refractivity contribution in [3.05, 3.63) is 0 Å². The summed E-state index contributed by atoms with van der Waals surface area (Å²) in [6, 6.07) is 0. The fraction of sp³-hybridized carbons (Fsp3) is 0.933. The van der Waals surface area contributed by atoms with Gasteiger partial charge in [-0.25, -0.2) is 0 Å². The molecule has 0 heterocycles. The highest BCUT2D eigenvalue weighted by molar-refractivity contribution is 5.72. The second kappa shape index (κ2) is 7.38. The average Bonchev–Trinajstić information content (AvgIpc) is 2.39. The molecule has 0 aromatic carbocycles. The minimum absolute atomic E-state index is 0.0750. The van der Waals surface area contributed by atoms with E-state index in [1.807, 2.05) is 6.92 Å². The Bertz CT molecular complexity index is 309. The molecule has 0 bridgehead atoms. The second-order valence-electron chi connectivity index (χ2n) is 6.20. The van der Waals surface area contributed by atoms with Gasteiger partial charge in [-0.3, -0.25) is 4.79 Å². The van der Waals surface area contributed by atoms with E-state index in [4.69, 9.17) is 4.74 Å². The first-order valence-corrected chi connectivity index (χ1v) is 7.64. The Morgan fingerprint density at radius 1 is 1.40 bits per heavy atom. The molecule has 1 fully saturated rings. The van der Waals surface area contributed by atoms with Gasteiger partial charge in [0.25, 0.3) is 0 Å². The predicted molar refractivity (Wildman–Crippen MR) is 77.3 cm³/mol. The molecule has 118 valence electrons. The molecule has 3 N–H and O–H groups in total. The molecule has 5 nitrogen and oxygen atoms in total. The van der Waals surface area contributed by atoms with Gasteiger partial charge in [-0.05, 0) is 46.0 Å². The maximum Gasteiger partial charge on any atom is 0.308 e. The summed E-state index contributed by atoms with van der Waals surface area (Å²) in [4.78, 5) is 11.6. The highest BCUT2D eigenvalue weighted by Gasteiger charge is 2.36. The molecule has 1 aliphatic carbocycles. The van der Waals surface area contributed by atoms with Gasteiger partial charge in [-0.1, -0.05) is 6.92 Å². The van der Waals surface area contributed by atoms with Crippen LogP contribution in [0.5, 0.6) is 0 Å². The van der Waals surface area contributed by atoms with Crippen LogP contribution in [-0.2, 0) is 9.53 Å². The van der Waals surface area contributed by atoms with Crippen LogP contribution >= 0.6 is 0 Å². The molecule has 5 heteroatoms. The number of nitrogens with one attached hydrogen (secondary N) is 1.